The molecule has 0 unspecified atom stereocenters. The number of benzene rings is 1. The van der Waals surface area contributed by atoms with Crippen LogP contribution in [0.25, 0.3) is 0 Å². The van der Waals surface area contributed by atoms with E-state index in [4.69, 9.17) is 0 Å². The fourth-order valence-electron chi connectivity index (χ4n) is 4.58. The Labute approximate surface area is 199 Å². The number of hydrogen-bond donors (Lipinski definition) is 1. The van der Waals surface area contributed by atoms with Gasteiger partial charge >= 0.3 is 0 Å². The zero-order chi connectivity index (χ0) is 23.3. The van der Waals surface area contributed by atoms with Crippen LogP contribution >= 0.6 is 11.3 Å². The second kappa shape index (κ2) is 10.8. The lowest BCUT2D eigenvalue weighted by molar-refractivity contribution is -0.135. The van der Waals surface area contributed by atoms with E-state index in [-0.39, 0.29) is 41.8 Å². The molecule has 1 N–H and O–H groups in total. The van der Waals surface area contributed by atoms with Gasteiger partial charge in [0.1, 0.15) is 0 Å². The molecular weight excluding hydrogens is 458 g/mol. The first-order chi connectivity index (χ1) is 15.9. The van der Waals surface area contributed by atoms with E-state index in [0.717, 1.165) is 23.3 Å². The number of rotatable bonds is 8. The van der Waals surface area contributed by atoms with Gasteiger partial charge in [-0.1, -0.05) is 36.4 Å². The van der Waals surface area contributed by atoms with E-state index < -0.39 is 9.84 Å². The maximum absolute atomic E-state index is 13.2. The summed E-state index contributed by atoms with van der Waals surface area (Å²) in [6.07, 6.45) is 1.94. The molecular formula is C24H31N3O4S2. The molecule has 0 bridgehead atoms. The Hall–Kier alpha value is -2.23. The number of sulfone groups is 1. The quantitative estimate of drug-likeness (QED) is 0.615. The Morgan fingerprint density at radius 3 is 2.45 bits per heavy atom. The Bertz CT molecular complexity index is 1030. The first-order valence-electron chi connectivity index (χ1n) is 11.5. The van der Waals surface area contributed by atoms with Crippen molar-refractivity contribution in [2.24, 2.45) is 5.92 Å². The Balaban J connectivity index is 1.28. The molecule has 7 nitrogen and oxygen atoms in total. The van der Waals surface area contributed by atoms with Crippen LogP contribution in [-0.2, 0) is 32.5 Å². The predicted octanol–water partition coefficient (Wildman–Crippen LogP) is 2.29. The third-order valence-electron chi connectivity index (χ3n) is 6.50. The molecule has 9 heteroatoms. The fourth-order valence-corrected chi connectivity index (χ4v) is 7.01. The second-order valence-electron chi connectivity index (χ2n) is 8.91. The number of nitrogens with zero attached hydrogens (tertiary/aromatic N) is 2. The highest BCUT2D eigenvalue weighted by atomic mass is 32.2. The number of likely N-dealkylation sites (tertiary alicyclic amines) is 1. The second-order valence-corrected chi connectivity index (χ2v) is 12.2. The maximum atomic E-state index is 13.2. The number of amides is 2. The van der Waals surface area contributed by atoms with Gasteiger partial charge in [-0.2, -0.15) is 0 Å². The van der Waals surface area contributed by atoms with E-state index >= 15 is 0 Å². The number of nitrogens with one attached hydrogen (secondary N) is 1. The van der Waals surface area contributed by atoms with E-state index in [1.165, 1.54) is 0 Å². The van der Waals surface area contributed by atoms with Crippen molar-refractivity contribution < 1.29 is 18.0 Å². The molecule has 2 amide bonds. The van der Waals surface area contributed by atoms with Crippen molar-refractivity contribution in [1.82, 2.24) is 15.1 Å². The molecule has 2 aromatic rings. The molecule has 0 saturated carbocycles. The van der Waals surface area contributed by atoms with Gasteiger partial charge < -0.3 is 10.2 Å². The highest BCUT2D eigenvalue weighted by Crippen LogP contribution is 2.23. The maximum Gasteiger partial charge on any atom is 0.237 e. The Morgan fingerprint density at radius 1 is 1.06 bits per heavy atom. The topological polar surface area (TPSA) is 86.8 Å². The fraction of sp³-hybridized carbons (Fsp3) is 0.500. The van der Waals surface area contributed by atoms with Crippen molar-refractivity contribution in [3.63, 3.8) is 0 Å². The van der Waals surface area contributed by atoms with Gasteiger partial charge in [0.25, 0.3) is 0 Å². The number of carbonyl (C=O) groups excluding carboxylic acids is 2. The van der Waals surface area contributed by atoms with Crippen LogP contribution in [0.4, 0.5) is 0 Å². The first kappa shape index (κ1) is 23.9. The van der Waals surface area contributed by atoms with Crippen LogP contribution in [0.15, 0.2) is 47.8 Å². The van der Waals surface area contributed by atoms with Gasteiger partial charge in [0, 0.05) is 23.4 Å². The lowest BCUT2D eigenvalue weighted by Crippen LogP contribution is -2.48. The van der Waals surface area contributed by atoms with Crippen molar-refractivity contribution in [1.29, 1.82) is 0 Å². The van der Waals surface area contributed by atoms with Gasteiger partial charge in [-0.3, -0.25) is 14.5 Å². The summed E-state index contributed by atoms with van der Waals surface area (Å²) < 4.78 is 24.0. The van der Waals surface area contributed by atoms with Crippen molar-refractivity contribution in [3.8, 4) is 0 Å². The SMILES string of the molecule is O=C(NCc1ccccc1)C1CCN(CC(=O)N(Cc2cccs2)[C@H]2CCS(=O)(=O)C2)CC1. The summed E-state index contributed by atoms with van der Waals surface area (Å²) in [5, 5.41) is 4.99. The average Bonchev–Trinajstić information content (AvgIpc) is 3.46. The summed E-state index contributed by atoms with van der Waals surface area (Å²) >= 11 is 1.58. The molecule has 0 aliphatic carbocycles. The van der Waals surface area contributed by atoms with Crippen LogP contribution in [0.3, 0.4) is 0 Å². The number of piperidine rings is 1. The predicted molar refractivity (Wildman–Crippen MR) is 129 cm³/mol. The van der Waals surface area contributed by atoms with Crippen LogP contribution in [-0.4, -0.2) is 67.2 Å². The van der Waals surface area contributed by atoms with Crippen LogP contribution in [0.2, 0.25) is 0 Å². The van der Waals surface area contributed by atoms with E-state index in [0.29, 0.717) is 32.6 Å². The first-order valence-corrected chi connectivity index (χ1v) is 14.2. The lowest BCUT2D eigenvalue weighted by atomic mass is 9.95. The van der Waals surface area contributed by atoms with Crippen LogP contribution in [0.5, 0.6) is 0 Å². The van der Waals surface area contributed by atoms with Gasteiger partial charge in [0.05, 0.1) is 24.6 Å². The zero-order valence-corrected chi connectivity index (χ0v) is 20.3. The highest BCUT2D eigenvalue weighted by Gasteiger charge is 2.35. The molecule has 0 spiro atoms. The standard InChI is InChI=1S/C24H31N3O4S2/c28-23(27(16-22-7-4-13-32-22)21-10-14-33(30,31)18-21)17-26-11-8-20(9-12-26)24(29)25-15-19-5-2-1-3-6-19/h1-7,13,20-21H,8-12,14-18H2,(H,25,29)/t21-/m0/s1. The summed E-state index contributed by atoms with van der Waals surface area (Å²) in [6.45, 7) is 2.62. The summed E-state index contributed by atoms with van der Waals surface area (Å²) in [5.74, 6) is 0.198. The van der Waals surface area contributed by atoms with Gasteiger partial charge in [-0.25, -0.2) is 8.42 Å². The minimum Gasteiger partial charge on any atom is -0.352 e. The molecule has 1 atom stereocenters. The molecule has 0 radical (unpaired) electrons. The van der Waals surface area contributed by atoms with Crippen LogP contribution in [0, 0.1) is 5.92 Å². The number of hydrogen-bond acceptors (Lipinski definition) is 6. The van der Waals surface area contributed by atoms with Gasteiger partial charge in [0.2, 0.25) is 11.8 Å². The monoisotopic (exact) mass is 489 g/mol. The van der Waals surface area contributed by atoms with E-state index in [9.17, 15) is 18.0 Å². The summed E-state index contributed by atoms with van der Waals surface area (Å²) in [5.41, 5.74) is 1.08. The molecule has 2 saturated heterocycles. The molecule has 2 aliphatic rings. The van der Waals surface area contributed by atoms with Crippen molar-refractivity contribution in [2.75, 3.05) is 31.1 Å². The molecule has 3 heterocycles. The van der Waals surface area contributed by atoms with Gasteiger partial charge in [-0.05, 0) is 49.4 Å². The summed E-state index contributed by atoms with van der Waals surface area (Å²) in [6, 6.07) is 13.5. The van der Waals surface area contributed by atoms with Crippen molar-refractivity contribution in [2.45, 2.75) is 38.4 Å². The van der Waals surface area contributed by atoms with Crippen LogP contribution < -0.4 is 5.32 Å². The molecule has 2 fully saturated rings. The molecule has 1 aromatic carbocycles. The van der Waals surface area contributed by atoms with Crippen molar-refractivity contribution in [3.05, 3.63) is 58.3 Å². The summed E-state index contributed by atoms with van der Waals surface area (Å²) in [7, 11) is -3.08. The smallest absolute Gasteiger partial charge is 0.237 e. The number of carbonyl (C=O) groups is 2. The largest absolute Gasteiger partial charge is 0.352 e. The van der Waals surface area contributed by atoms with E-state index in [1.54, 1.807) is 16.2 Å². The Morgan fingerprint density at radius 2 is 1.82 bits per heavy atom. The van der Waals surface area contributed by atoms with Gasteiger partial charge in [0.15, 0.2) is 9.84 Å². The molecule has 4 rings (SSSR count). The highest BCUT2D eigenvalue weighted by molar-refractivity contribution is 7.91. The summed E-state index contributed by atoms with van der Waals surface area (Å²) in [4.78, 5) is 30.7. The normalized spacial score (nSPS) is 21.0. The number of thiophene rings is 1. The molecule has 2 aliphatic heterocycles. The van der Waals surface area contributed by atoms with Crippen LogP contribution in [0.1, 0.15) is 29.7 Å². The van der Waals surface area contributed by atoms with Gasteiger partial charge in [-0.15, -0.1) is 11.3 Å². The van der Waals surface area contributed by atoms with E-state index in [2.05, 4.69) is 10.2 Å². The Kier molecular flexibility index (Phi) is 7.82. The third-order valence-corrected chi connectivity index (χ3v) is 9.11. The molecule has 178 valence electrons. The average molecular weight is 490 g/mol. The molecule has 1 aromatic heterocycles. The lowest BCUT2D eigenvalue weighted by Gasteiger charge is -2.34. The van der Waals surface area contributed by atoms with E-state index in [1.807, 2.05) is 47.8 Å². The minimum absolute atomic E-state index is 0.0301. The molecule has 33 heavy (non-hydrogen) atoms. The zero-order valence-electron chi connectivity index (χ0n) is 18.7. The third kappa shape index (κ3) is 6.65. The minimum atomic E-state index is -3.08. The van der Waals surface area contributed by atoms with Crippen molar-refractivity contribution >= 4 is 33.0 Å².